The monoisotopic (exact) mass is 202 g/mol. The first kappa shape index (κ1) is 9.96. The van der Waals surface area contributed by atoms with Crippen LogP contribution in [0.15, 0.2) is 23.8 Å². The molecule has 0 aromatic carbocycles. The minimum atomic E-state index is 0.974. The Morgan fingerprint density at radius 3 is 2.40 bits per heavy atom. The average molecular weight is 203 g/mol. The van der Waals surface area contributed by atoms with Gasteiger partial charge in [-0.25, -0.2) is 0 Å². The topological polar surface area (TPSA) is 0 Å². The summed E-state index contributed by atoms with van der Waals surface area (Å²) in [5.41, 5.74) is 1.41. The molecular weight excluding hydrogens is 188 g/mol. The maximum absolute atomic E-state index is 3.33. The van der Waals surface area contributed by atoms with Crippen molar-refractivity contribution in [3.8, 4) is 0 Å². The Morgan fingerprint density at radius 2 is 1.90 bits per heavy atom. The molecule has 0 saturated heterocycles. The van der Waals surface area contributed by atoms with Crippen LogP contribution in [0.3, 0.4) is 0 Å². The van der Waals surface area contributed by atoms with Crippen LogP contribution in [0.1, 0.15) is 26.7 Å². The number of hydrogen-bond acceptors (Lipinski definition) is 0. The summed E-state index contributed by atoms with van der Waals surface area (Å²) in [7, 11) is 0. The Hall–Kier alpha value is -0.0400. The molecule has 0 unspecified atom stereocenters. The smallest absolute Gasteiger partial charge is 0.0212 e. The van der Waals surface area contributed by atoms with Crippen molar-refractivity contribution in [3.63, 3.8) is 0 Å². The molecule has 0 amide bonds. The summed E-state index contributed by atoms with van der Waals surface area (Å²) >= 11 is 3.33. The molecule has 0 aromatic heterocycles. The molecule has 0 fully saturated rings. The van der Waals surface area contributed by atoms with E-state index in [9.17, 15) is 0 Å². The lowest BCUT2D eigenvalue weighted by molar-refractivity contribution is 1.03. The van der Waals surface area contributed by atoms with Crippen molar-refractivity contribution in [3.05, 3.63) is 23.8 Å². The van der Waals surface area contributed by atoms with Crippen LogP contribution in [0.4, 0.5) is 0 Å². The minimum absolute atomic E-state index is 0.974. The van der Waals surface area contributed by atoms with E-state index in [2.05, 4.69) is 48.0 Å². The van der Waals surface area contributed by atoms with Crippen molar-refractivity contribution >= 4 is 15.9 Å². The molecule has 0 bridgehead atoms. The van der Waals surface area contributed by atoms with Gasteiger partial charge in [0.2, 0.25) is 0 Å². The normalized spacial score (nSPS) is 10.3. The first-order valence-electron chi connectivity index (χ1n) is 3.61. The molecular formula is C9H15Br. The number of alkyl halides is 1. The van der Waals surface area contributed by atoms with Crippen LogP contribution in [0.5, 0.6) is 0 Å². The second-order valence-electron chi connectivity index (χ2n) is 2.48. The van der Waals surface area contributed by atoms with E-state index in [1.807, 2.05) is 0 Å². The van der Waals surface area contributed by atoms with Crippen molar-refractivity contribution in [2.45, 2.75) is 26.7 Å². The van der Waals surface area contributed by atoms with E-state index in [0.29, 0.717) is 0 Å². The van der Waals surface area contributed by atoms with Crippen molar-refractivity contribution in [2.75, 3.05) is 5.33 Å². The summed E-state index contributed by atoms with van der Waals surface area (Å²) in [5, 5.41) is 0.974. The summed E-state index contributed by atoms with van der Waals surface area (Å²) in [6, 6.07) is 0. The largest absolute Gasteiger partial charge is 0.0883 e. The zero-order valence-corrected chi connectivity index (χ0v) is 8.32. The van der Waals surface area contributed by atoms with Crippen molar-refractivity contribution in [1.82, 2.24) is 0 Å². The zero-order valence-electron chi connectivity index (χ0n) is 6.73. The third-order valence-electron chi connectivity index (χ3n) is 1.14. The fourth-order valence-electron chi connectivity index (χ4n) is 0.649. The predicted octanol–water partition coefficient (Wildman–Crippen LogP) is 3.68. The quantitative estimate of drug-likeness (QED) is 0.371. The standard InChI is InChI=1S/C9H15Br/c1-9(2)7-5-3-4-6-8-10/h4,6-7H,3,5,8H2,1-2H3. The van der Waals surface area contributed by atoms with Gasteiger partial charge >= 0.3 is 0 Å². The second kappa shape index (κ2) is 7.07. The molecule has 0 nitrogen and oxygen atoms in total. The van der Waals surface area contributed by atoms with E-state index in [1.165, 1.54) is 12.0 Å². The molecule has 0 N–H and O–H groups in total. The van der Waals surface area contributed by atoms with E-state index in [1.54, 1.807) is 0 Å². The number of unbranched alkanes of at least 4 members (excludes halogenated alkanes) is 1. The van der Waals surface area contributed by atoms with E-state index < -0.39 is 0 Å². The first-order chi connectivity index (χ1) is 4.77. The fourth-order valence-corrected chi connectivity index (χ4v) is 0.913. The van der Waals surface area contributed by atoms with Gasteiger partial charge in [-0.1, -0.05) is 39.7 Å². The molecule has 1 heteroatoms. The van der Waals surface area contributed by atoms with Crippen molar-refractivity contribution in [2.24, 2.45) is 0 Å². The number of hydrogen-bond donors (Lipinski definition) is 0. The minimum Gasteiger partial charge on any atom is -0.0883 e. The summed E-state index contributed by atoms with van der Waals surface area (Å²) < 4.78 is 0. The fraction of sp³-hybridized carbons (Fsp3) is 0.556. The first-order valence-corrected chi connectivity index (χ1v) is 4.74. The van der Waals surface area contributed by atoms with Gasteiger partial charge < -0.3 is 0 Å². The second-order valence-corrected chi connectivity index (χ2v) is 3.13. The highest BCUT2D eigenvalue weighted by atomic mass is 79.9. The van der Waals surface area contributed by atoms with Crippen LogP contribution in [-0.2, 0) is 0 Å². The Kier molecular flexibility index (Phi) is 7.04. The highest BCUT2D eigenvalue weighted by molar-refractivity contribution is 9.09. The summed E-state index contributed by atoms with van der Waals surface area (Å²) in [6.07, 6.45) is 8.94. The van der Waals surface area contributed by atoms with Crippen LogP contribution in [0.25, 0.3) is 0 Å². The van der Waals surface area contributed by atoms with Crippen LogP contribution in [0, 0.1) is 0 Å². The van der Waals surface area contributed by atoms with Crippen LogP contribution in [-0.4, -0.2) is 5.33 Å². The van der Waals surface area contributed by atoms with Gasteiger partial charge in [0.05, 0.1) is 0 Å². The van der Waals surface area contributed by atoms with Gasteiger partial charge in [0.25, 0.3) is 0 Å². The molecule has 10 heavy (non-hydrogen) atoms. The third-order valence-corrected chi connectivity index (χ3v) is 1.52. The van der Waals surface area contributed by atoms with Crippen molar-refractivity contribution < 1.29 is 0 Å². The maximum atomic E-state index is 3.33. The molecule has 0 aliphatic heterocycles. The number of allylic oxidation sites excluding steroid dienone is 4. The summed E-state index contributed by atoms with van der Waals surface area (Å²) in [5.74, 6) is 0. The van der Waals surface area contributed by atoms with Crippen molar-refractivity contribution in [1.29, 1.82) is 0 Å². The summed E-state index contributed by atoms with van der Waals surface area (Å²) in [4.78, 5) is 0. The Balaban J connectivity index is 3.21. The molecule has 0 aliphatic carbocycles. The molecule has 0 spiro atoms. The van der Waals surface area contributed by atoms with Gasteiger partial charge in [-0.05, 0) is 26.7 Å². The molecule has 0 radical (unpaired) electrons. The SMILES string of the molecule is CC(C)=CCCC=CCBr. The van der Waals surface area contributed by atoms with Gasteiger partial charge in [0.1, 0.15) is 0 Å². The van der Waals surface area contributed by atoms with Gasteiger partial charge in [0.15, 0.2) is 0 Å². The Bertz CT molecular complexity index is 119. The molecule has 58 valence electrons. The van der Waals surface area contributed by atoms with Gasteiger partial charge in [0, 0.05) is 5.33 Å². The molecule has 0 rings (SSSR count). The molecule has 0 heterocycles. The number of rotatable bonds is 4. The molecule has 0 aliphatic rings. The van der Waals surface area contributed by atoms with Crippen LogP contribution in [0.2, 0.25) is 0 Å². The molecule has 0 aromatic rings. The Morgan fingerprint density at radius 1 is 1.20 bits per heavy atom. The Labute approximate surface area is 72.1 Å². The lowest BCUT2D eigenvalue weighted by Gasteiger charge is -1.88. The highest BCUT2D eigenvalue weighted by Gasteiger charge is 1.77. The lowest BCUT2D eigenvalue weighted by Crippen LogP contribution is -1.68. The van der Waals surface area contributed by atoms with Gasteiger partial charge in [-0.2, -0.15) is 0 Å². The molecule has 0 saturated carbocycles. The zero-order chi connectivity index (χ0) is 7.82. The van der Waals surface area contributed by atoms with Crippen LogP contribution >= 0.6 is 15.9 Å². The number of halogens is 1. The van der Waals surface area contributed by atoms with E-state index in [-0.39, 0.29) is 0 Å². The van der Waals surface area contributed by atoms with E-state index >= 15 is 0 Å². The lowest BCUT2D eigenvalue weighted by atomic mass is 10.2. The van der Waals surface area contributed by atoms with E-state index in [4.69, 9.17) is 0 Å². The average Bonchev–Trinajstić information content (AvgIpc) is 1.87. The maximum Gasteiger partial charge on any atom is 0.0212 e. The third kappa shape index (κ3) is 7.96. The van der Waals surface area contributed by atoms with Gasteiger partial charge in [-0.3, -0.25) is 0 Å². The predicted molar refractivity (Wildman–Crippen MR) is 51.6 cm³/mol. The summed E-state index contributed by atoms with van der Waals surface area (Å²) in [6.45, 7) is 4.27. The highest BCUT2D eigenvalue weighted by Crippen LogP contribution is 1.98. The van der Waals surface area contributed by atoms with Gasteiger partial charge in [-0.15, -0.1) is 0 Å². The van der Waals surface area contributed by atoms with E-state index in [0.717, 1.165) is 11.8 Å². The molecule has 0 atom stereocenters. The van der Waals surface area contributed by atoms with Crippen LogP contribution < -0.4 is 0 Å².